The standard InChI is InChI=1S/C21H18N2O6S/c1-14-6-11-20(15(2)12-14)22-21(24)16-7-9-18(10-8-16)29-30(27,28)19-5-3-4-17(13-19)23(25)26/h3-13H,1-2H3,(H,22,24). The number of carbonyl (C=O) groups is 1. The minimum absolute atomic E-state index is 0.0235. The molecule has 0 unspecified atom stereocenters. The summed E-state index contributed by atoms with van der Waals surface area (Å²) in [5, 5.41) is 13.6. The third-order valence-electron chi connectivity index (χ3n) is 4.27. The molecule has 3 rings (SSSR count). The number of anilines is 1. The molecule has 154 valence electrons. The first-order valence-corrected chi connectivity index (χ1v) is 10.2. The largest absolute Gasteiger partial charge is 0.379 e. The number of non-ortho nitro benzene ring substituents is 1. The highest BCUT2D eigenvalue weighted by atomic mass is 32.2. The second-order valence-corrected chi connectivity index (χ2v) is 8.14. The van der Waals surface area contributed by atoms with E-state index >= 15 is 0 Å². The van der Waals surface area contributed by atoms with Crippen LogP contribution in [0, 0.1) is 24.0 Å². The molecule has 8 nitrogen and oxygen atoms in total. The van der Waals surface area contributed by atoms with Gasteiger partial charge < -0.3 is 9.50 Å². The number of carbonyl (C=O) groups excluding carboxylic acids is 1. The zero-order valence-corrected chi connectivity index (χ0v) is 17.0. The van der Waals surface area contributed by atoms with Crippen molar-refractivity contribution in [2.45, 2.75) is 18.7 Å². The van der Waals surface area contributed by atoms with Gasteiger partial charge in [-0.25, -0.2) is 0 Å². The van der Waals surface area contributed by atoms with Gasteiger partial charge in [-0.05, 0) is 55.8 Å². The molecule has 0 saturated carbocycles. The highest BCUT2D eigenvalue weighted by Crippen LogP contribution is 2.23. The molecule has 0 bridgehead atoms. The molecule has 0 radical (unpaired) electrons. The lowest BCUT2D eigenvalue weighted by Gasteiger charge is -2.10. The van der Waals surface area contributed by atoms with Crippen LogP contribution in [0.15, 0.2) is 71.6 Å². The number of benzene rings is 3. The fraction of sp³-hybridized carbons (Fsp3) is 0.0952. The number of nitro groups is 1. The van der Waals surface area contributed by atoms with Crippen molar-refractivity contribution in [2.24, 2.45) is 0 Å². The van der Waals surface area contributed by atoms with Crippen molar-refractivity contribution >= 4 is 27.4 Å². The molecule has 0 heterocycles. The van der Waals surface area contributed by atoms with Gasteiger partial charge >= 0.3 is 10.1 Å². The van der Waals surface area contributed by atoms with E-state index in [0.717, 1.165) is 17.2 Å². The summed E-state index contributed by atoms with van der Waals surface area (Å²) >= 11 is 0. The molecule has 0 aliphatic heterocycles. The summed E-state index contributed by atoms with van der Waals surface area (Å²) in [6.45, 7) is 3.84. The van der Waals surface area contributed by atoms with Crippen LogP contribution < -0.4 is 9.50 Å². The lowest BCUT2D eigenvalue weighted by atomic mass is 10.1. The van der Waals surface area contributed by atoms with Crippen LogP contribution in [0.2, 0.25) is 0 Å². The van der Waals surface area contributed by atoms with E-state index in [1.807, 2.05) is 32.0 Å². The summed E-state index contributed by atoms with van der Waals surface area (Å²) in [7, 11) is -4.27. The Morgan fingerprint density at radius 1 is 1.00 bits per heavy atom. The molecule has 1 amide bonds. The zero-order chi connectivity index (χ0) is 21.9. The molecule has 30 heavy (non-hydrogen) atoms. The molecule has 0 aliphatic rings. The minimum Gasteiger partial charge on any atom is -0.379 e. The molecule has 0 aliphatic carbocycles. The lowest BCUT2D eigenvalue weighted by molar-refractivity contribution is -0.385. The highest BCUT2D eigenvalue weighted by molar-refractivity contribution is 7.87. The average Bonchev–Trinajstić information content (AvgIpc) is 2.70. The van der Waals surface area contributed by atoms with E-state index in [-0.39, 0.29) is 22.2 Å². The maximum atomic E-state index is 12.4. The Labute approximate surface area is 173 Å². The predicted octanol–water partition coefficient (Wildman–Crippen LogP) is 4.23. The van der Waals surface area contributed by atoms with Gasteiger partial charge in [-0.15, -0.1) is 0 Å². The molecular weight excluding hydrogens is 408 g/mol. The van der Waals surface area contributed by atoms with E-state index in [4.69, 9.17) is 4.18 Å². The maximum absolute atomic E-state index is 12.4. The van der Waals surface area contributed by atoms with Gasteiger partial charge in [0.2, 0.25) is 0 Å². The lowest BCUT2D eigenvalue weighted by Crippen LogP contribution is -2.13. The van der Waals surface area contributed by atoms with E-state index in [1.165, 1.54) is 42.5 Å². The number of rotatable bonds is 6. The van der Waals surface area contributed by atoms with Gasteiger partial charge in [0.25, 0.3) is 11.6 Å². The van der Waals surface area contributed by atoms with Crippen LogP contribution in [0.5, 0.6) is 5.75 Å². The van der Waals surface area contributed by atoms with Crippen LogP contribution in [0.3, 0.4) is 0 Å². The molecule has 0 aromatic heterocycles. The van der Waals surface area contributed by atoms with E-state index < -0.39 is 15.0 Å². The Morgan fingerprint density at radius 2 is 1.70 bits per heavy atom. The highest BCUT2D eigenvalue weighted by Gasteiger charge is 2.20. The zero-order valence-electron chi connectivity index (χ0n) is 16.2. The van der Waals surface area contributed by atoms with Gasteiger partial charge in [0.15, 0.2) is 0 Å². The van der Waals surface area contributed by atoms with Gasteiger partial charge in [-0.2, -0.15) is 8.42 Å². The SMILES string of the molecule is Cc1ccc(NC(=O)c2ccc(OS(=O)(=O)c3cccc([N+](=O)[O-])c3)cc2)c(C)c1. The molecule has 1 N–H and O–H groups in total. The Kier molecular flexibility index (Phi) is 5.84. The van der Waals surface area contributed by atoms with Crippen molar-refractivity contribution in [1.29, 1.82) is 0 Å². The molecule has 0 saturated heterocycles. The van der Waals surface area contributed by atoms with E-state index in [0.29, 0.717) is 11.3 Å². The summed E-state index contributed by atoms with van der Waals surface area (Å²) in [5.41, 5.74) is 2.63. The quantitative estimate of drug-likeness (QED) is 0.358. The number of hydrogen-bond donors (Lipinski definition) is 1. The van der Waals surface area contributed by atoms with Crippen LogP contribution in [0.4, 0.5) is 11.4 Å². The predicted molar refractivity (Wildman–Crippen MR) is 111 cm³/mol. The smallest absolute Gasteiger partial charge is 0.339 e. The molecule has 0 fully saturated rings. The average molecular weight is 426 g/mol. The third-order valence-corrected chi connectivity index (χ3v) is 5.51. The van der Waals surface area contributed by atoms with Crippen molar-refractivity contribution in [1.82, 2.24) is 0 Å². The summed E-state index contributed by atoms with van der Waals surface area (Å²) in [4.78, 5) is 22.2. The van der Waals surface area contributed by atoms with Crippen molar-refractivity contribution in [2.75, 3.05) is 5.32 Å². The van der Waals surface area contributed by atoms with Crippen molar-refractivity contribution in [3.05, 3.63) is 93.5 Å². The third kappa shape index (κ3) is 4.81. The topological polar surface area (TPSA) is 116 Å². The van der Waals surface area contributed by atoms with Crippen molar-refractivity contribution < 1.29 is 22.3 Å². The fourth-order valence-corrected chi connectivity index (χ4v) is 3.71. The van der Waals surface area contributed by atoms with E-state index in [9.17, 15) is 23.3 Å². The normalized spacial score (nSPS) is 11.0. The first-order valence-electron chi connectivity index (χ1n) is 8.83. The number of amides is 1. The van der Waals surface area contributed by atoms with Gasteiger partial charge in [0, 0.05) is 23.4 Å². The van der Waals surface area contributed by atoms with Gasteiger partial charge in [0.05, 0.1) is 4.92 Å². The van der Waals surface area contributed by atoms with Crippen molar-refractivity contribution in [3.8, 4) is 5.75 Å². The minimum atomic E-state index is -4.27. The summed E-state index contributed by atoms with van der Waals surface area (Å²) in [5.74, 6) is -0.375. The van der Waals surface area contributed by atoms with E-state index in [1.54, 1.807) is 0 Å². The molecule has 0 spiro atoms. The number of hydrogen-bond acceptors (Lipinski definition) is 6. The molecular formula is C21H18N2O6S. The first kappa shape index (κ1) is 21.0. The molecule has 9 heteroatoms. The summed E-state index contributed by atoms with van der Waals surface area (Å²) < 4.78 is 29.8. The summed E-state index contributed by atoms with van der Waals surface area (Å²) in [6, 6.07) is 15.7. The van der Waals surface area contributed by atoms with Crippen molar-refractivity contribution in [3.63, 3.8) is 0 Å². The fourth-order valence-electron chi connectivity index (χ4n) is 2.74. The van der Waals surface area contributed by atoms with Gasteiger partial charge in [-0.3, -0.25) is 14.9 Å². The van der Waals surface area contributed by atoms with E-state index in [2.05, 4.69) is 5.32 Å². The van der Waals surface area contributed by atoms with Gasteiger partial charge in [-0.1, -0.05) is 23.8 Å². The van der Waals surface area contributed by atoms with Gasteiger partial charge in [0.1, 0.15) is 10.6 Å². The summed E-state index contributed by atoms with van der Waals surface area (Å²) in [6.07, 6.45) is 0. The van der Waals surface area contributed by atoms with Crippen LogP contribution in [0.25, 0.3) is 0 Å². The number of nitro benzene ring substituents is 1. The Morgan fingerprint density at radius 3 is 2.33 bits per heavy atom. The maximum Gasteiger partial charge on any atom is 0.339 e. The first-order chi connectivity index (χ1) is 14.2. The molecule has 0 atom stereocenters. The molecule has 3 aromatic carbocycles. The second-order valence-electron chi connectivity index (χ2n) is 6.59. The Hall–Kier alpha value is -3.72. The second kappa shape index (κ2) is 8.34. The monoisotopic (exact) mass is 426 g/mol. The van der Waals surface area contributed by atoms with Crippen LogP contribution in [-0.2, 0) is 10.1 Å². The van der Waals surface area contributed by atoms with Crippen LogP contribution >= 0.6 is 0 Å². The number of aryl methyl sites for hydroxylation is 2. The Bertz CT molecular complexity index is 1220. The van der Waals surface area contributed by atoms with Crippen LogP contribution in [0.1, 0.15) is 21.5 Å². The van der Waals surface area contributed by atoms with Crippen LogP contribution in [-0.4, -0.2) is 19.2 Å². The molecule has 3 aromatic rings. The number of nitrogens with zero attached hydrogens (tertiary/aromatic N) is 1. The number of nitrogens with one attached hydrogen (secondary N) is 1. The Balaban J connectivity index is 1.74.